The zero-order valence-electron chi connectivity index (χ0n) is 10.4. The van der Waals surface area contributed by atoms with Crippen molar-refractivity contribution in [2.75, 3.05) is 7.11 Å². The molecule has 0 aliphatic heterocycles. The number of hydrogen-bond donors (Lipinski definition) is 1. The molecule has 96 valence electrons. The Labute approximate surface area is 106 Å². The SMILES string of the molecule is COC(=O)C(C)(N)CCCn1ncc(Cl)c1C. The quantitative estimate of drug-likeness (QED) is 0.814. The van der Waals surface area contributed by atoms with E-state index in [1.807, 2.05) is 6.92 Å². The van der Waals surface area contributed by atoms with E-state index in [0.29, 0.717) is 18.0 Å². The molecule has 0 fully saturated rings. The Morgan fingerprint density at radius 3 is 2.82 bits per heavy atom. The van der Waals surface area contributed by atoms with Crippen molar-refractivity contribution in [2.45, 2.75) is 38.8 Å². The van der Waals surface area contributed by atoms with Crippen LogP contribution < -0.4 is 5.73 Å². The fourth-order valence-electron chi connectivity index (χ4n) is 1.58. The number of methoxy groups -OCH3 is 1. The fourth-order valence-corrected chi connectivity index (χ4v) is 1.72. The topological polar surface area (TPSA) is 70.1 Å². The predicted octanol–water partition coefficient (Wildman–Crippen LogP) is 1.52. The Bertz CT molecular complexity index is 401. The van der Waals surface area contributed by atoms with Crippen molar-refractivity contribution in [3.05, 3.63) is 16.9 Å². The number of rotatable bonds is 5. The van der Waals surface area contributed by atoms with Gasteiger partial charge in [-0.1, -0.05) is 11.6 Å². The first-order valence-electron chi connectivity index (χ1n) is 5.43. The van der Waals surface area contributed by atoms with Crippen LogP contribution in [0.15, 0.2) is 6.20 Å². The maximum atomic E-state index is 11.4. The molecular formula is C11H18ClN3O2. The minimum atomic E-state index is -0.945. The number of aryl methyl sites for hydroxylation is 1. The normalized spacial score (nSPS) is 14.4. The molecule has 2 N–H and O–H groups in total. The highest BCUT2D eigenvalue weighted by molar-refractivity contribution is 6.31. The van der Waals surface area contributed by atoms with Gasteiger partial charge in [-0.15, -0.1) is 0 Å². The summed E-state index contributed by atoms with van der Waals surface area (Å²) in [6.07, 6.45) is 2.89. The Morgan fingerprint density at radius 2 is 2.35 bits per heavy atom. The van der Waals surface area contributed by atoms with E-state index < -0.39 is 11.5 Å². The first kappa shape index (κ1) is 14.0. The van der Waals surface area contributed by atoms with Gasteiger partial charge >= 0.3 is 5.97 Å². The number of carbonyl (C=O) groups excluding carboxylic acids is 1. The van der Waals surface area contributed by atoms with Gasteiger partial charge in [0.05, 0.1) is 24.0 Å². The molecule has 1 aromatic rings. The molecule has 1 aromatic heterocycles. The summed E-state index contributed by atoms with van der Waals surface area (Å²) in [5, 5.41) is 4.77. The maximum Gasteiger partial charge on any atom is 0.325 e. The van der Waals surface area contributed by atoms with Gasteiger partial charge in [-0.3, -0.25) is 9.48 Å². The molecule has 0 saturated heterocycles. The van der Waals surface area contributed by atoms with E-state index in [1.54, 1.807) is 17.8 Å². The van der Waals surface area contributed by atoms with E-state index in [2.05, 4.69) is 9.84 Å². The molecule has 17 heavy (non-hydrogen) atoms. The number of esters is 1. The van der Waals surface area contributed by atoms with E-state index >= 15 is 0 Å². The lowest BCUT2D eigenvalue weighted by Gasteiger charge is -2.21. The van der Waals surface area contributed by atoms with E-state index in [0.717, 1.165) is 12.1 Å². The van der Waals surface area contributed by atoms with Gasteiger partial charge in [0.2, 0.25) is 0 Å². The van der Waals surface area contributed by atoms with Crippen molar-refractivity contribution in [1.29, 1.82) is 0 Å². The number of hydrogen-bond acceptors (Lipinski definition) is 4. The predicted molar refractivity (Wildman–Crippen MR) is 65.8 cm³/mol. The Kier molecular flexibility index (Phi) is 4.54. The van der Waals surface area contributed by atoms with Gasteiger partial charge in [0.1, 0.15) is 5.54 Å². The molecule has 1 unspecified atom stereocenters. The van der Waals surface area contributed by atoms with Crippen molar-refractivity contribution < 1.29 is 9.53 Å². The molecule has 0 radical (unpaired) electrons. The molecule has 0 bridgehead atoms. The van der Waals surface area contributed by atoms with Gasteiger partial charge in [-0.05, 0) is 26.7 Å². The second-order valence-electron chi connectivity index (χ2n) is 4.31. The first-order valence-corrected chi connectivity index (χ1v) is 5.81. The van der Waals surface area contributed by atoms with E-state index in [9.17, 15) is 4.79 Å². The Hall–Kier alpha value is -1.07. The monoisotopic (exact) mass is 259 g/mol. The van der Waals surface area contributed by atoms with Crippen molar-refractivity contribution in [2.24, 2.45) is 5.73 Å². The highest BCUT2D eigenvalue weighted by atomic mass is 35.5. The minimum Gasteiger partial charge on any atom is -0.468 e. The molecule has 0 amide bonds. The lowest BCUT2D eigenvalue weighted by Crippen LogP contribution is -2.45. The van der Waals surface area contributed by atoms with Crippen molar-refractivity contribution in [3.8, 4) is 0 Å². The number of carbonyl (C=O) groups is 1. The van der Waals surface area contributed by atoms with Crippen molar-refractivity contribution in [1.82, 2.24) is 9.78 Å². The van der Waals surface area contributed by atoms with Crippen LogP contribution in [-0.2, 0) is 16.1 Å². The second kappa shape index (κ2) is 5.51. The van der Waals surface area contributed by atoms with Gasteiger partial charge in [-0.25, -0.2) is 0 Å². The summed E-state index contributed by atoms with van der Waals surface area (Å²) in [5.74, 6) is -0.396. The molecule has 1 atom stereocenters. The number of nitrogens with two attached hydrogens (primary N) is 1. The van der Waals surface area contributed by atoms with Gasteiger partial charge < -0.3 is 10.5 Å². The summed E-state index contributed by atoms with van der Waals surface area (Å²) in [4.78, 5) is 11.4. The van der Waals surface area contributed by atoms with Crippen LogP contribution in [0.5, 0.6) is 0 Å². The van der Waals surface area contributed by atoms with E-state index in [-0.39, 0.29) is 0 Å². The average molecular weight is 260 g/mol. The lowest BCUT2D eigenvalue weighted by atomic mass is 9.97. The fraction of sp³-hybridized carbons (Fsp3) is 0.636. The summed E-state index contributed by atoms with van der Waals surface area (Å²) in [7, 11) is 1.34. The van der Waals surface area contributed by atoms with Gasteiger partial charge in [0.25, 0.3) is 0 Å². The molecule has 0 aromatic carbocycles. The maximum absolute atomic E-state index is 11.4. The zero-order chi connectivity index (χ0) is 13.1. The van der Waals surface area contributed by atoms with Gasteiger partial charge in [0.15, 0.2) is 0 Å². The highest BCUT2D eigenvalue weighted by Gasteiger charge is 2.28. The Balaban J connectivity index is 2.48. The number of aromatic nitrogens is 2. The van der Waals surface area contributed by atoms with Crippen LogP contribution in [0.1, 0.15) is 25.5 Å². The third-order valence-electron chi connectivity index (χ3n) is 2.76. The van der Waals surface area contributed by atoms with Crippen LogP contribution in [0.3, 0.4) is 0 Å². The van der Waals surface area contributed by atoms with Gasteiger partial charge in [0, 0.05) is 6.54 Å². The molecule has 1 heterocycles. The molecule has 0 aliphatic rings. The summed E-state index contributed by atoms with van der Waals surface area (Å²) in [6.45, 7) is 4.25. The molecule has 5 nitrogen and oxygen atoms in total. The minimum absolute atomic E-state index is 0.396. The highest BCUT2D eigenvalue weighted by Crippen LogP contribution is 2.16. The lowest BCUT2D eigenvalue weighted by molar-refractivity contribution is -0.146. The third-order valence-corrected chi connectivity index (χ3v) is 3.13. The van der Waals surface area contributed by atoms with Crippen LogP contribution >= 0.6 is 11.6 Å². The standard InChI is InChI=1S/C11H18ClN3O2/c1-8-9(12)7-14-15(8)6-4-5-11(2,13)10(16)17-3/h7H,4-6,13H2,1-3H3. The van der Waals surface area contributed by atoms with E-state index in [1.165, 1.54) is 7.11 Å². The second-order valence-corrected chi connectivity index (χ2v) is 4.72. The molecule has 0 spiro atoms. The zero-order valence-corrected chi connectivity index (χ0v) is 11.1. The Morgan fingerprint density at radius 1 is 1.71 bits per heavy atom. The summed E-state index contributed by atoms with van der Waals surface area (Å²) < 4.78 is 6.44. The average Bonchev–Trinajstić information content (AvgIpc) is 2.59. The third kappa shape index (κ3) is 3.44. The van der Waals surface area contributed by atoms with Crippen molar-refractivity contribution >= 4 is 17.6 Å². The number of nitrogens with zero attached hydrogens (tertiary/aromatic N) is 2. The van der Waals surface area contributed by atoms with Crippen LogP contribution in [0.4, 0.5) is 0 Å². The summed E-state index contributed by atoms with van der Waals surface area (Å²) in [5.41, 5.74) is 5.82. The largest absolute Gasteiger partial charge is 0.468 e. The molecule has 6 heteroatoms. The summed E-state index contributed by atoms with van der Waals surface area (Å²) in [6, 6.07) is 0. The molecule has 0 aliphatic carbocycles. The summed E-state index contributed by atoms with van der Waals surface area (Å²) >= 11 is 5.89. The van der Waals surface area contributed by atoms with Crippen LogP contribution in [0, 0.1) is 6.92 Å². The van der Waals surface area contributed by atoms with Crippen LogP contribution in [0.2, 0.25) is 5.02 Å². The smallest absolute Gasteiger partial charge is 0.325 e. The molecule has 1 rings (SSSR count). The number of halogens is 1. The van der Waals surface area contributed by atoms with Gasteiger partial charge in [-0.2, -0.15) is 5.10 Å². The van der Waals surface area contributed by atoms with Crippen LogP contribution in [-0.4, -0.2) is 28.4 Å². The number of ether oxygens (including phenoxy) is 1. The van der Waals surface area contributed by atoms with Crippen molar-refractivity contribution in [3.63, 3.8) is 0 Å². The van der Waals surface area contributed by atoms with Crippen LogP contribution in [0.25, 0.3) is 0 Å². The first-order chi connectivity index (χ1) is 7.88. The molecule has 0 saturated carbocycles. The van der Waals surface area contributed by atoms with E-state index in [4.69, 9.17) is 17.3 Å². The molecular weight excluding hydrogens is 242 g/mol.